The van der Waals surface area contributed by atoms with Crippen LogP contribution in [0.25, 0.3) is 11.5 Å². The zero-order chi connectivity index (χ0) is 20.4. The fourth-order valence-corrected chi connectivity index (χ4v) is 5.13. The quantitative estimate of drug-likeness (QED) is 0.689. The topological polar surface area (TPSA) is 80.7 Å². The molecule has 0 unspecified atom stereocenters. The summed E-state index contributed by atoms with van der Waals surface area (Å²) >= 11 is 0. The normalized spacial score (nSPS) is 17.3. The highest BCUT2D eigenvalue weighted by atomic mass is 32.2. The van der Waals surface area contributed by atoms with Crippen molar-refractivity contribution in [3.63, 3.8) is 0 Å². The Morgan fingerprint density at radius 2 is 1.76 bits per heavy atom. The van der Waals surface area contributed by atoms with Crippen LogP contribution in [0.4, 0.5) is 0 Å². The molecule has 1 aromatic heterocycles. The first-order valence-corrected chi connectivity index (χ1v) is 11.2. The van der Waals surface area contributed by atoms with Crippen LogP contribution in [0.15, 0.2) is 63.9 Å². The number of quaternary nitrogens is 1. The minimum Gasteiger partial charge on any atom is -0.415 e. The number of aryl methyl sites for hydroxylation is 1. The van der Waals surface area contributed by atoms with Gasteiger partial charge in [0, 0.05) is 5.56 Å². The Labute approximate surface area is 171 Å². The SMILES string of the molecule is Cc1cccc(-c2nnc([C@@H](C)[NH+]3CCN(S(=O)(=O)c4ccccc4)CC3)o2)c1. The first kappa shape index (κ1) is 19.8. The summed E-state index contributed by atoms with van der Waals surface area (Å²) in [6.07, 6.45) is 0. The van der Waals surface area contributed by atoms with Crippen molar-refractivity contribution in [1.29, 1.82) is 0 Å². The molecule has 0 radical (unpaired) electrons. The molecule has 1 N–H and O–H groups in total. The van der Waals surface area contributed by atoms with Gasteiger partial charge in [-0.3, -0.25) is 0 Å². The lowest BCUT2D eigenvalue weighted by Gasteiger charge is -2.33. The Balaban J connectivity index is 1.43. The molecule has 0 aliphatic carbocycles. The van der Waals surface area contributed by atoms with E-state index in [4.69, 9.17) is 4.42 Å². The van der Waals surface area contributed by atoms with Gasteiger partial charge in [0.15, 0.2) is 6.04 Å². The maximum Gasteiger partial charge on any atom is 0.274 e. The van der Waals surface area contributed by atoms with Gasteiger partial charge in [-0.05, 0) is 38.1 Å². The van der Waals surface area contributed by atoms with Crippen molar-refractivity contribution >= 4 is 10.0 Å². The summed E-state index contributed by atoms with van der Waals surface area (Å²) in [6.45, 7) is 6.39. The maximum absolute atomic E-state index is 12.8. The summed E-state index contributed by atoms with van der Waals surface area (Å²) in [7, 11) is -3.44. The summed E-state index contributed by atoms with van der Waals surface area (Å²) in [6, 6.07) is 16.6. The molecular formula is C21H25N4O3S+. The van der Waals surface area contributed by atoms with Gasteiger partial charge < -0.3 is 9.32 Å². The molecule has 8 heteroatoms. The molecular weight excluding hydrogens is 388 g/mol. The molecule has 2 aromatic carbocycles. The second-order valence-electron chi connectivity index (χ2n) is 7.41. The molecule has 4 rings (SSSR count). The fourth-order valence-electron chi connectivity index (χ4n) is 3.67. The summed E-state index contributed by atoms with van der Waals surface area (Å²) in [4.78, 5) is 1.58. The summed E-state index contributed by atoms with van der Waals surface area (Å²) in [5, 5.41) is 8.44. The maximum atomic E-state index is 12.8. The van der Waals surface area contributed by atoms with Crippen LogP contribution in [0.3, 0.4) is 0 Å². The van der Waals surface area contributed by atoms with Crippen LogP contribution in [-0.2, 0) is 10.0 Å². The Hall–Kier alpha value is -2.55. The highest BCUT2D eigenvalue weighted by molar-refractivity contribution is 7.89. The minimum atomic E-state index is -3.44. The van der Waals surface area contributed by atoms with Gasteiger partial charge in [-0.25, -0.2) is 8.42 Å². The molecule has 1 fully saturated rings. The number of rotatable bonds is 5. The number of sulfonamides is 1. The monoisotopic (exact) mass is 413 g/mol. The van der Waals surface area contributed by atoms with Gasteiger partial charge in [0.1, 0.15) is 0 Å². The van der Waals surface area contributed by atoms with E-state index in [9.17, 15) is 8.42 Å². The van der Waals surface area contributed by atoms with Crippen molar-refractivity contribution in [3.05, 3.63) is 66.1 Å². The van der Waals surface area contributed by atoms with E-state index in [-0.39, 0.29) is 6.04 Å². The number of hydrogen-bond donors (Lipinski definition) is 1. The first-order valence-electron chi connectivity index (χ1n) is 9.75. The first-order chi connectivity index (χ1) is 13.9. The molecule has 0 saturated carbocycles. The van der Waals surface area contributed by atoms with Crippen LogP contribution in [0.5, 0.6) is 0 Å². The second-order valence-corrected chi connectivity index (χ2v) is 9.35. The third-order valence-electron chi connectivity index (χ3n) is 5.43. The molecule has 152 valence electrons. The van der Waals surface area contributed by atoms with Gasteiger partial charge in [-0.15, -0.1) is 10.2 Å². The molecule has 0 spiro atoms. The van der Waals surface area contributed by atoms with E-state index in [1.54, 1.807) is 28.6 Å². The van der Waals surface area contributed by atoms with Crippen molar-refractivity contribution in [2.75, 3.05) is 26.2 Å². The van der Waals surface area contributed by atoms with Crippen molar-refractivity contribution in [2.45, 2.75) is 24.8 Å². The molecule has 0 bridgehead atoms. The second kappa shape index (κ2) is 8.06. The van der Waals surface area contributed by atoms with Gasteiger partial charge in [0.2, 0.25) is 15.9 Å². The predicted molar refractivity (Wildman–Crippen MR) is 109 cm³/mol. The Morgan fingerprint density at radius 1 is 1.03 bits per heavy atom. The lowest BCUT2D eigenvalue weighted by atomic mass is 10.1. The van der Waals surface area contributed by atoms with E-state index in [1.807, 2.05) is 44.2 Å². The van der Waals surface area contributed by atoms with Crippen LogP contribution in [0, 0.1) is 6.92 Å². The molecule has 1 saturated heterocycles. The van der Waals surface area contributed by atoms with E-state index in [1.165, 1.54) is 4.90 Å². The lowest BCUT2D eigenvalue weighted by Crippen LogP contribution is -3.14. The zero-order valence-corrected chi connectivity index (χ0v) is 17.4. The van der Waals surface area contributed by atoms with Gasteiger partial charge in [0.05, 0.1) is 31.1 Å². The van der Waals surface area contributed by atoms with Crippen molar-refractivity contribution in [1.82, 2.24) is 14.5 Å². The molecule has 29 heavy (non-hydrogen) atoms. The third-order valence-corrected chi connectivity index (χ3v) is 7.35. The number of piperazine rings is 1. The number of benzene rings is 2. The molecule has 3 aromatic rings. The number of aromatic nitrogens is 2. The van der Waals surface area contributed by atoms with Crippen molar-refractivity contribution in [2.24, 2.45) is 0 Å². The van der Waals surface area contributed by atoms with E-state index in [2.05, 4.69) is 10.2 Å². The molecule has 1 atom stereocenters. The smallest absolute Gasteiger partial charge is 0.274 e. The zero-order valence-electron chi connectivity index (χ0n) is 16.6. The van der Waals surface area contributed by atoms with Crippen LogP contribution < -0.4 is 4.90 Å². The fraction of sp³-hybridized carbons (Fsp3) is 0.333. The Bertz CT molecular complexity index is 1070. The van der Waals surface area contributed by atoms with Crippen LogP contribution >= 0.6 is 0 Å². The van der Waals surface area contributed by atoms with E-state index in [0.717, 1.165) is 11.1 Å². The molecule has 1 aliphatic heterocycles. The van der Waals surface area contributed by atoms with E-state index in [0.29, 0.717) is 42.9 Å². The minimum absolute atomic E-state index is 0.00244. The van der Waals surface area contributed by atoms with E-state index < -0.39 is 10.0 Å². The summed E-state index contributed by atoms with van der Waals surface area (Å²) < 4.78 is 33.1. The standard InChI is InChI=1S/C21H24N4O3S/c1-16-7-6-8-18(15-16)21-23-22-20(28-21)17(2)24-11-13-25(14-12-24)29(26,27)19-9-4-3-5-10-19/h3-10,15,17H,11-14H2,1-2H3/p+1/t17-/m1/s1. The highest BCUT2D eigenvalue weighted by Gasteiger charge is 2.34. The predicted octanol–water partition coefficient (Wildman–Crippen LogP) is 1.70. The molecule has 2 heterocycles. The highest BCUT2D eigenvalue weighted by Crippen LogP contribution is 2.21. The average Bonchev–Trinajstić information content (AvgIpc) is 3.24. The number of nitrogens with one attached hydrogen (secondary N) is 1. The molecule has 7 nitrogen and oxygen atoms in total. The Morgan fingerprint density at radius 3 is 2.45 bits per heavy atom. The molecule has 1 aliphatic rings. The van der Waals surface area contributed by atoms with Crippen LogP contribution in [0.1, 0.15) is 24.4 Å². The average molecular weight is 414 g/mol. The largest absolute Gasteiger partial charge is 0.415 e. The number of nitrogens with zero attached hydrogens (tertiary/aromatic N) is 3. The third kappa shape index (κ3) is 4.10. The van der Waals surface area contributed by atoms with Gasteiger partial charge in [-0.2, -0.15) is 4.31 Å². The van der Waals surface area contributed by atoms with Gasteiger partial charge in [0.25, 0.3) is 5.89 Å². The van der Waals surface area contributed by atoms with Crippen molar-refractivity contribution in [3.8, 4) is 11.5 Å². The Kier molecular flexibility index (Phi) is 5.49. The van der Waals surface area contributed by atoms with Crippen LogP contribution in [0.2, 0.25) is 0 Å². The molecule has 0 amide bonds. The summed E-state index contributed by atoms with van der Waals surface area (Å²) in [5.74, 6) is 1.09. The van der Waals surface area contributed by atoms with Crippen LogP contribution in [-0.4, -0.2) is 49.1 Å². The van der Waals surface area contributed by atoms with E-state index >= 15 is 0 Å². The van der Waals surface area contributed by atoms with Gasteiger partial charge >= 0.3 is 0 Å². The lowest BCUT2D eigenvalue weighted by molar-refractivity contribution is -0.934. The van der Waals surface area contributed by atoms with Gasteiger partial charge in [-0.1, -0.05) is 35.9 Å². The van der Waals surface area contributed by atoms with Crippen molar-refractivity contribution < 1.29 is 17.7 Å². The number of hydrogen-bond acceptors (Lipinski definition) is 5. The summed E-state index contributed by atoms with van der Waals surface area (Å²) in [5.41, 5.74) is 2.04.